The zero-order chi connectivity index (χ0) is 34.0. The van der Waals surface area contributed by atoms with Gasteiger partial charge >= 0.3 is 18.0 Å². The van der Waals surface area contributed by atoms with Gasteiger partial charge in [0.25, 0.3) is 0 Å². The maximum Gasteiger partial charge on any atom is 0.410 e. The molecule has 1 aliphatic heterocycles. The average molecular weight is 633 g/mol. The summed E-state index contributed by atoms with van der Waals surface area (Å²) < 4.78 is 27.1. The number of benzene rings is 1. The average Bonchev–Trinajstić information content (AvgIpc) is 2.90. The Morgan fingerprint density at radius 2 is 1.29 bits per heavy atom. The Hall–Kier alpha value is -4.09. The molecule has 0 aromatic heterocycles. The second kappa shape index (κ2) is 15.8. The van der Waals surface area contributed by atoms with E-state index in [0.717, 1.165) is 0 Å². The third-order valence-corrected chi connectivity index (χ3v) is 5.93. The summed E-state index contributed by atoms with van der Waals surface area (Å²) in [4.78, 5) is 63.6. The number of allylic oxidation sites excluding steroid dienone is 1. The molecule has 2 amide bonds. The van der Waals surface area contributed by atoms with E-state index >= 15 is 0 Å². The number of amides is 2. The first-order chi connectivity index (χ1) is 20.7. The fraction of sp³-hybridized carbons (Fsp3) is 0.606. The number of esters is 2. The van der Waals surface area contributed by atoms with Crippen molar-refractivity contribution in [2.75, 3.05) is 32.8 Å². The molecular weight excluding hydrogens is 584 g/mol. The van der Waals surface area contributed by atoms with E-state index in [2.05, 4.69) is 5.32 Å². The summed E-state index contributed by atoms with van der Waals surface area (Å²) in [7, 11) is 0. The zero-order valence-corrected chi connectivity index (χ0v) is 27.9. The second-order valence-electron chi connectivity index (χ2n) is 13.7. The molecule has 0 saturated carbocycles. The third kappa shape index (κ3) is 15.0. The highest BCUT2D eigenvalue weighted by Crippen LogP contribution is 2.29. The maximum absolute atomic E-state index is 12.9. The number of ether oxygens (including phenoxy) is 5. The molecule has 0 bridgehead atoms. The first-order valence-corrected chi connectivity index (χ1v) is 15.0. The number of carbonyl (C=O) groups excluding carboxylic acids is 5. The summed E-state index contributed by atoms with van der Waals surface area (Å²) in [5.41, 5.74) is -1.79. The monoisotopic (exact) mass is 632 g/mol. The Bertz CT molecular complexity index is 1240. The lowest BCUT2D eigenvalue weighted by atomic mass is 9.96. The van der Waals surface area contributed by atoms with E-state index < -0.39 is 53.6 Å². The van der Waals surface area contributed by atoms with Gasteiger partial charge in [-0.25, -0.2) is 14.4 Å². The highest BCUT2D eigenvalue weighted by Gasteiger charge is 2.26. The van der Waals surface area contributed by atoms with E-state index in [1.807, 2.05) is 20.8 Å². The van der Waals surface area contributed by atoms with Gasteiger partial charge in [-0.15, -0.1) is 0 Å². The van der Waals surface area contributed by atoms with Crippen LogP contribution >= 0.6 is 0 Å². The van der Waals surface area contributed by atoms with Crippen molar-refractivity contribution in [1.82, 2.24) is 10.2 Å². The number of hydrogen-bond acceptors (Lipinski definition) is 10. The van der Waals surface area contributed by atoms with E-state index in [4.69, 9.17) is 23.7 Å². The lowest BCUT2D eigenvalue weighted by Gasteiger charge is -2.32. The quantitative estimate of drug-likeness (QED) is 0.159. The molecule has 45 heavy (non-hydrogen) atoms. The van der Waals surface area contributed by atoms with Crippen LogP contribution in [0.3, 0.4) is 0 Å². The van der Waals surface area contributed by atoms with Crippen molar-refractivity contribution in [3.8, 4) is 11.5 Å². The van der Waals surface area contributed by atoms with Crippen LogP contribution in [0.4, 0.5) is 4.79 Å². The predicted molar refractivity (Wildman–Crippen MR) is 166 cm³/mol. The van der Waals surface area contributed by atoms with Crippen molar-refractivity contribution in [3.63, 3.8) is 0 Å². The van der Waals surface area contributed by atoms with E-state index in [1.54, 1.807) is 52.5 Å². The first-order valence-electron chi connectivity index (χ1n) is 15.0. The highest BCUT2D eigenvalue weighted by molar-refractivity contribution is 6.01. The largest absolute Gasteiger partial charge is 0.478 e. The standard InChI is InChI=1S/C33H48N2O10/c1-31(2,3)43-28(38)20-41-25-12-11-23(18-26(25)42-21-29(39)44-32(4,5)6)24(36)19-34-27(37)13-10-22-14-16-35(17-15-22)30(40)45-33(7,8)9/h10-13,18,22H,14-17,19-21H2,1-9H3,(H,34,37). The molecule has 0 atom stereocenters. The molecule has 1 aromatic rings. The maximum atomic E-state index is 12.9. The van der Waals surface area contributed by atoms with Gasteiger partial charge in [0.2, 0.25) is 5.91 Å². The van der Waals surface area contributed by atoms with Crippen molar-refractivity contribution < 1.29 is 47.7 Å². The summed E-state index contributed by atoms with van der Waals surface area (Å²) in [6.45, 7) is 15.7. The van der Waals surface area contributed by atoms with Crippen LogP contribution in [0.15, 0.2) is 30.4 Å². The lowest BCUT2D eigenvalue weighted by Crippen LogP contribution is -2.41. The molecule has 0 radical (unpaired) electrons. The van der Waals surface area contributed by atoms with Crippen molar-refractivity contribution in [3.05, 3.63) is 35.9 Å². The van der Waals surface area contributed by atoms with Gasteiger partial charge in [-0.05, 0) is 105 Å². The smallest absolute Gasteiger partial charge is 0.410 e. The van der Waals surface area contributed by atoms with Gasteiger partial charge in [0.15, 0.2) is 30.5 Å². The topological polar surface area (TPSA) is 147 Å². The normalized spacial score (nSPS) is 14.5. The van der Waals surface area contributed by atoms with Crippen molar-refractivity contribution >= 4 is 29.7 Å². The summed E-state index contributed by atoms with van der Waals surface area (Å²) in [5.74, 6) is -1.82. The van der Waals surface area contributed by atoms with E-state index in [0.29, 0.717) is 25.9 Å². The van der Waals surface area contributed by atoms with Crippen LogP contribution in [0.25, 0.3) is 0 Å². The molecular formula is C33H48N2O10. The number of hydrogen-bond donors (Lipinski definition) is 1. The summed E-state index contributed by atoms with van der Waals surface area (Å²) in [6, 6.07) is 4.28. The van der Waals surface area contributed by atoms with E-state index in [-0.39, 0.29) is 35.6 Å². The predicted octanol–water partition coefficient (Wildman–Crippen LogP) is 4.63. The number of likely N-dealkylation sites (tertiary alicyclic amines) is 1. The molecule has 12 nitrogen and oxygen atoms in total. The van der Waals surface area contributed by atoms with Crippen LogP contribution in [-0.2, 0) is 28.6 Å². The molecule has 0 unspecified atom stereocenters. The fourth-order valence-corrected chi connectivity index (χ4v) is 4.08. The number of nitrogens with zero attached hydrogens (tertiary/aromatic N) is 1. The van der Waals surface area contributed by atoms with E-state index in [9.17, 15) is 24.0 Å². The molecule has 1 N–H and O–H groups in total. The zero-order valence-electron chi connectivity index (χ0n) is 27.9. The van der Waals surface area contributed by atoms with Gasteiger partial charge < -0.3 is 33.9 Å². The molecule has 1 saturated heterocycles. The molecule has 0 aliphatic carbocycles. The lowest BCUT2D eigenvalue weighted by molar-refractivity contribution is -0.158. The van der Waals surface area contributed by atoms with Crippen LogP contribution in [-0.4, -0.2) is 84.3 Å². The number of piperidine rings is 1. The molecule has 1 aromatic carbocycles. The van der Waals surface area contributed by atoms with Gasteiger partial charge in [0, 0.05) is 18.7 Å². The number of Topliss-reactive ketones (excluding diaryl/α,β-unsaturated/α-hetero) is 1. The second-order valence-corrected chi connectivity index (χ2v) is 13.7. The minimum absolute atomic E-state index is 0.0409. The number of rotatable bonds is 11. The Morgan fingerprint density at radius 1 is 0.778 bits per heavy atom. The minimum Gasteiger partial charge on any atom is -0.478 e. The molecule has 1 aliphatic rings. The van der Waals surface area contributed by atoms with Crippen molar-refractivity contribution in [2.45, 2.75) is 92.0 Å². The molecule has 250 valence electrons. The highest BCUT2D eigenvalue weighted by atomic mass is 16.6. The van der Waals surface area contributed by atoms with E-state index in [1.165, 1.54) is 24.3 Å². The summed E-state index contributed by atoms with van der Waals surface area (Å²) in [5, 5.41) is 2.58. The van der Waals surface area contributed by atoms with Crippen LogP contribution in [0.5, 0.6) is 11.5 Å². The molecule has 12 heteroatoms. The van der Waals surface area contributed by atoms with Crippen molar-refractivity contribution in [1.29, 1.82) is 0 Å². The molecule has 1 heterocycles. The number of nitrogens with one attached hydrogen (secondary N) is 1. The van der Waals surface area contributed by atoms with Gasteiger partial charge in [-0.3, -0.25) is 9.59 Å². The molecule has 0 spiro atoms. The Morgan fingerprint density at radius 3 is 1.80 bits per heavy atom. The summed E-state index contributed by atoms with van der Waals surface area (Å²) >= 11 is 0. The Labute approximate surface area is 265 Å². The van der Waals surface area contributed by atoms with Crippen molar-refractivity contribution in [2.24, 2.45) is 5.92 Å². The van der Waals surface area contributed by atoms with Crippen LogP contribution in [0.2, 0.25) is 0 Å². The van der Waals surface area contributed by atoms with Crippen LogP contribution in [0.1, 0.15) is 85.5 Å². The van der Waals surface area contributed by atoms with Gasteiger partial charge in [0.1, 0.15) is 16.8 Å². The van der Waals surface area contributed by atoms with Gasteiger partial charge in [-0.1, -0.05) is 6.08 Å². The minimum atomic E-state index is -0.724. The third-order valence-electron chi connectivity index (χ3n) is 5.93. The Kier molecular flexibility index (Phi) is 13.0. The van der Waals surface area contributed by atoms with Crippen LogP contribution < -0.4 is 14.8 Å². The number of ketones is 1. The van der Waals surface area contributed by atoms with Gasteiger partial charge in [0.05, 0.1) is 6.54 Å². The summed E-state index contributed by atoms with van der Waals surface area (Å²) in [6.07, 6.45) is 4.21. The fourth-order valence-electron chi connectivity index (χ4n) is 4.08. The first kappa shape index (κ1) is 37.1. The molecule has 1 fully saturated rings. The van der Waals surface area contributed by atoms with Crippen LogP contribution in [0, 0.1) is 5.92 Å². The van der Waals surface area contributed by atoms with Gasteiger partial charge in [-0.2, -0.15) is 0 Å². The number of carbonyl (C=O) groups is 5. The molecule has 2 rings (SSSR count). The Balaban J connectivity index is 1.98. The SMILES string of the molecule is CC(C)(C)OC(=O)COc1ccc(C(=O)CNC(=O)C=CC2CCN(C(=O)OC(C)(C)C)CC2)cc1OCC(=O)OC(C)(C)C.